The second-order valence-corrected chi connectivity index (χ2v) is 11.6. The van der Waals surface area contributed by atoms with Gasteiger partial charge in [0.1, 0.15) is 41.9 Å². The van der Waals surface area contributed by atoms with E-state index in [1.54, 1.807) is 13.1 Å². The van der Waals surface area contributed by atoms with Gasteiger partial charge in [-0.2, -0.15) is 0 Å². The summed E-state index contributed by atoms with van der Waals surface area (Å²) < 4.78 is 23.7. The van der Waals surface area contributed by atoms with Crippen molar-refractivity contribution >= 4 is 5.91 Å². The smallest absolute Gasteiger partial charge is 0.249 e. The van der Waals surface area contributed by atoms with E-state index in [-0.39, 0.29) is 39.1 Å². The van der Waals surface area contributed by atoms with Crippen LogP contribution >= 0.6 is 0 Å². The number of hydrogen-bond acceptors (Lipinski definition) is 16. The average Bonchev–Trinajstić information content (AvgIpc) is 2.95. The van der Waals surface area contributed by atoms with Crippen LogP contribution in [0.1, 0.15) is 26.2 Å². The molecule has 250 valence electrons. The Bertz CT molecular complexity index is 917. The van der Waals surface area contributed by atoms with Gasteiger partial charge in [-0.3, -0.25) is 4.79 Å². The van der Waals surface area contributed by atoms with Crippen LogP contribution in [-0.2, 0) is 23.7 Å². The Morgan fingerprint density at radius 2 is 1.86 bits per heavy atom. The molecule has 3 aliphatic rings. The van der Waals surface area contributed by atoms with Gasteiger partial charge in [0.25, 0.3) is 0 Å². The number of carbonyl (C=O) groups is 1. The van der Waals surface area contributed by atoms with Crippen molar-refractivity contribution in [1.29, 1.82) is 0 Å². The lowest BCUT2D eigenvalue weighted by Gasteiger charge is -2.48. The van der Waals surface area contributed by atoms with Crippen LogP contribution < -0.4 is 33.2 Å². The Morgan fingerprint density at radius 1 is 1.16 bits per heavy atom. The largest absolute Gasteiger partial charge is 0.467 e. The van der Waals surface area contributed by atoms with Crippen molar-refractivity contribution in [2.75, 3.05) is 39.9 Å². The lowest BCUT2D eigenvalue weighted by Crippen LogP contribution is -2.69. The van der Waals surface area contributed by atoms with Crippen LogP contribution in [0.3, 0.4) is 0 Å². The molecule has 3 rings (SSSR count). The van der Waals surface area contributed by atoms with Crippen molar-refractivity contribution in [3.63, 3.8) is 0 Å². The first-order valence-electron chi connectivity index (χ1n) is 14.6. The fourth-order valence-electron chi connectivity index (χ4n) is 5.51. The number of nitrogens with one attached hydrogen (secondary N) is 3. The summed E-state index contributed by atoms with van der Waals surface area (Å²) in [7, 11) is 1.56. The third-order valence-electron chi connectivity index (χ3n) is 7.94. The van der Waals surface area contributed by atoms with Crippen molar-refractivity contribution in [3.8, 4) is 0 Å². The van der Waals surface area contributed by atoms with Gasteiger partial charge >= 0.3 is 0 Å². The molecule has 17 heteroatoms. The van der Waals surface area contributed by atoms with E-state index in [1.807, 2.05) is 0 Å². The van der Waals surface area contributed by atoms with E-state index in [0.29, 0.717) is 12.2 Å². The number of aliphatic hydroxyl groups excluding tert-OH is 5. The maximum atomic E-state index is 12.7. The number of nitrogens with two attached hydrogens (primary N) is 3. The summed E-state index contributed by atoms with van der Waals surface area (Å²) in [5.74, 6) is -0.262. The highest BCUT2D eigenvalue weighted by atomic mass is 16.7. The number of likely N-dealkylation sites (N-methyl/N-ethyl adjacent to an activating group) is 1. The SMILES string of the molecule is CN[C@@H]1[C@@H](O)[C@@H](O[C@@H]2[C@@H](O)[C@H](O[C@H]3OC(CNCC(O)CO)=CC[C@H]3N)[C@@H](N)C[C@H]2NC(=O)[C@H](O)CCN)OC[C@]1(C)O. The molecule has 1 unspecified atom stereocenters. The van der Waals surface area contributed by atoms with Crippen LogP contribution in [0.2, 0.25) is 0 Å². The molecule has 2 heterocycles. The molecule has 2 fully saturated rings. The minimum Gasteiger partial charge on any atom is -0.467 e. The monoisotopic (exact) mass is 622 g/mol. The van der Waals surface area contributed by atoms with Crippen LogP contribution in [0, 0.1) is 0 Å². The molecular weight excluding hydrogens is 572 g/mol. The molecule has 43 heavy (non-hydrogen) atoms. The number of ether oxygens (including phenoxy) is 4. The molecule has 1 saturated heterocycles. The normalized spacial score (nSPS) is 39.8. The second-order valence-electron chi connectivity index (χ2n) is 11.6. The van der Waals surface area contributed by atoms with E-state index < -0.39 is 91.5 Å². The fourth-order valence-corrected chi connectivity index (χ4v) is 5.51. The van der Waals surface area contributed by atoms with E-state index in [0.717, 1.165) is 0 Å². The number of amides is 1. The third kappa shape index (κ3) is 9.24. The molecule has 0 bridgehead atoms. The van der Waals surface area contributed by atoms with Crippen molar-refractivity contribution in [2.24, 2.45) is 17.2 Å². The highest BCUT2D eigenvalue weighted by Crippen LogP contribution is 2.32. The Kier molecular flexibility index (Phi) is 13.5. The summed E-state index contributed by atoms with van der Waals surface area (Å²) in [6, 6.07) is -3.24. The van der Waals surface area contributed by atoms with E-state index in [2.05, 4.69) is 16.0 Å². The van der Waals surface area contributed by atoms with Gasteiger partial charge < -0.3 is 82.7 Å². The summed E-state index contributed by atoms with van der Waals surface area (Å²) in [6.45, 7) is 1.33. The van der Waals surface area contributed by atoms with E-state index in [9.17, 15) is 30.3 Å². The minimum absolute atomic E-state index is 0.00831. The number of aliphatic hydroxyl groups is 6. The zero-order valence-electron chi connectivity index (χ0n) is 24.6. The van der Waals surface area contributed by atoms with Crippen LogP contribution in [0.25, 0.3) is 0 Å². The van der Waals surface area contributed by atoms with Gasteiger partial charge in [-0.25, -0.2) is 0 Å². The van der Waals surface area contributed by atoms with Gasteiger partial charge in [0.05, 0.1) is 44.0 Å². The second kappa shape index (κ2) is 16.1. The van der Waals surface area contributed by atoms with Crippen LogP contribution in [0.4, 0.5) is 0 Å². The first-order chi connectivity index (χ1) is 20.3. The summed E-state index contributed by atoms with van der Waals surface area (Å²) in [5, 5.41) is 70.3. The van der Waals surface area contributed by atoms with Gasteiger partial charge in [-0.05, 0) is 45.9 Å². The maximum Gasteiger partial charge on any atom is 0.249 e. The summed E-state index contributed by atoms with van der Waals surface area (Å²) in [4.78, 5) is 12.7. The first kappa shape index (κ1) is 35.9. The van der Waals surface area contributed by atoms with Gasteiger partial charge in [0.15, 0.2) is 6.29 Å². The van der Waals surface area contributed by atoms with Crippen LogP contribution in [-0.4, -0.2) is 155 Å². The quantitative estimate of drug-likeness (QED) is 0.0858. The Hall–Kier alpha value is -1.55. The molecule has 1 amide bonds. The summed E-state index contributed by atoms with van der Waals surface area (Å²) in [6.07, 6.45) is -7.68. The molecule has 1 aliphatic carbocycles. The number of hydrogen-bond donors (Lipinski definition) is 12. The maximum absolute atomic E-state index is 12.7. The van der Waals surface area contributed by atoms with Crippen LogP contribution in [0.5, 0.6) is 0 Å². The standard InChI is InChI=1S/C26H50N6O11/c1-26(39)11-40-25(19(37)22(26)30-2)43-21-16(32-23(38)17(35)5-6-27)7-15(29)20(18(21)36)42-24-14(28)4-3-13(41-24)9-31-8-12(34)10-33/h3,12,14-22,24-25,30-31,33-37,39H,4-11,27-29H2,1-2H3,(H,32,38)/t12?,14-,15+,16-,17-,18+,19-,20-,21+,22-,24-,25-,26+/m1/s1. The third-order valence-corrected chi connectivity index (χ3v) is 7.94. The summed E-state index contributed by atoms with van der Waals surface area (Å²) >= 11 is 0. The van der Waals surface area contributed by atoms with Gasteiger partial charge in [-0.15, -0.1) is 0 Å². The molecule has 0 spiro atoms. The van der Waals surface area contributed by atoms with Crippen molar-refractivity contribution in [3.05, 3.63) is 11.8 Å². The Labute approximate surface area is 250 Å². The van der Waals surface area contributed by atoms with E-state index in [4.69, 9.17) is 41.3 Å². The van der Waals surface area contributed by atoms with E-state index in [1.165, 1.54) is 6.92 Å². The zero-order valence-corrected chi connectivity index (χ0v) is 24.6. The Morgan fingerprint density at radius 3 is 2.51 bits per heavy atom. The fraction of sp³-hybridized carbons (Fsp3) is 0.885. The van der Waals surface area contributed by atoms with Crippen LogP contribution in [0.15, 0.2) is 11.8 Å². The highest BCUT2D eigenvalue weighted by Gasteiger charge is 2.51. The average molecular weight is 623 g/mol. The molecule has 15 N–H and O–H groups in total. The minimum atomic E-state index is -1.49. The topological polar surface area (TPSA) is 290 Å². The Balaban J connectivity index is 1.76. The van der Waals surface area contributed by atoms with E-state index >= 15 is 0 Å². The molecule has 2 aliphatic heterocycles. The number of rotatable bonds is 14. The molecule has 17 nitrogen and oxygen atoms in total. The van der Waals surface area contributed by atoms with Crippen molar-refractivity contribution in [2.45, 2.75) is 105 Å². The van der Waals surface area contributed by atoms with Crippen molar-refractivity contribution in [1.82, 2.24) is 16.0 Å². The van der Waals surface area contributed by atoms with Gasteiger partial charge in [0.2, 0.25) is 12.2 Å². The number of carbonyl (C=O) groups excluding carboxylic acids is 1. The zero-order chi connectivity index (χ0) is 31.9. The van der Waals surface area contributed by atoms with Gasteiger partial charge in [0, 0.05) is 12.6 Å². The lowest BCUT2D eigenvalue weighted by molar-refractivity contribution is -0.304. The molecule has 0 aromatic heterocycles. The summed E-state index contributed by atoms with van der Waals surface area (Å²) in [5.41, 5.74) is 16.7. The van der Waals surface area contributed by atoms with Gasteiger partial charge in [-0.1, -0.05) is 0 Å². The molecule has 0 aromatic rings. The molecule has 0 radical (unpaired) electrons. The predicted octanol–water partition coefficient (Wildman–Crippen LogP) is -6.00. The molecule has 0 aromatic carbocycles. The molecular formula is C26H50N6O11. The first-order valence-corrected chi connectivity index (χ1v) is 14.6. The lowest BCUT2D eigenvalue weighted by atomic mass is 9.83. The van der Waals surface area contributed by atoms with Crippen molar-refractivity contribution < 1.29 is 54.4 Å². The predicted molar refractivity (Wildman–Crippen MR) is 151 cm³/mol. The molecule has 13 atom stereocenters. The molecule has 1 saturated carbocycles. The highest BCUT2D eigenvalue weighted by molar-refractivity contribution is 5.80.